The third-order valence-corrected chi connectivity index (χ3v) is 6.61. The molecule has 1 aliphatic carbocycles. The van der Waals surface area contributed by atoms with Crippen LogP contribution >= 0.6 is 24.0 Å². The maximum Gasteiger partial charge on any atom is 0.267 e. The standard InChI is InChI=1S/C19H20N2O2S2/c1-2-20-14-11-7-6-10-13(14)15(17(20)22)16-18(23)21(19(24)25-16)12-8-4-3-5-9-12/h6-7,10-12H,2-5,8-9H2,1H3/b16-15+. The lowest BCUT2D eigenvalue weighted by Crippen LogP contribution is -2.40. The molecule has 6 heteroatoms. The van der Waals surface area contributed by atoms with Gasteiger partial charge in [0.15, 0.2) is 0 Å². The van der Waals surface area contributed by atoms with Gasteiger partial charge in [-0.2, -0.15) is 0 Å². The van der Waals surface area contributed by atoms with Crippen LogP contribution in [0.4, 0.5) is 5.69 Å². The first-order valence-corrected chi connectivity index (χ1v) is 10.1. The monoisotopic (exact) mass is 372 g/mol. The normalized spacial score (nSPS) is 24.4. The third-order valence-electron chi connectivity index (χ3n) is 5.21. The van der Waals surface area contributed by atoms with Crippen molar-refractivity contribution in [3.63, 3.8) is 0 Å². The van der Waals surface area contributed by atoms with Gasteiger partial charge in [0.1, 0.15) is 4.32 Å². The SMILES string of the molecule is CCN1C(=O)/C(=C2/SC(=S)N(C3CCCCC3)C2=O)c2ccccc21. The molecule has 25 heavy (non-hydrogen) atoms. The Morgan fingerprint density at radius 1 is 1.12 bits per heavy atom. The number of anilines is 1. The van der Waals surface area contributed by atoms with Gasteiger partial charge in [0, 0.05) is 18.2 Å². The molecular weight excluding hydrogens is 352 g/mol. The van der Waals surface area contributed by atoms with Crippen LogP contribution in [0.2, 0.25) is 0 Å². The highest BCUT2D eigenvalue weighted by atomic mass is 32.2. The smallest absolute Gasteiger partial charge is 0.267 e. The molecule has 0 spiro atoms. The Hall–Kier alpha value is -1.66. The molecule has 1 aromatic rings. The summed E-state index contributed by atoms with van der Waals surface area (Å²) in [6.07, 6.45) is 5.50. The Bertz CT molecular complexity index is 796. The van der Waals surface area contributed by atoms with E-state index in [1.54, 1.807) is 9.80 Å². The topological polar surface area (TPSA) is 40.6 Å². The number of amides is 2. The van der Waals surface area contributed by atoms with E-state index in [1.807, 2.05) is 31.2 Å². The van der Waals surface area contributed by atoms with E-state index in [-0.39, 0.29) is 17.9 Å². The summed E-state index contributed by atoms with van der Waals surface area (Å²) in [5.41, 5.74) is 2.25. The number of thioether (sulfide) groups is 1. The molecular formula is C19H20N2O2S2. The number of hydrogen-bond donors (Lipinski definition) is 0. The van der Waals surface area contributed by atoms with Gasteiger partial charge in [-0.25, -0.2) is 0 Å². The Kier molecular flexibility index (Phi) is 4.41. The van der Waals surface area contributed by atoms with Crippen LogP contribution in [-0.4, -0.2) is 33.6 Å². The highest BCUT2D eigenvalue weighted by Gasteiger charge is 2.43. The lowest BCUT2D eigenvalue weighted by molar-refractivity contribution is -0.124. The van der Waals surface area contributed by atoms with Crippen molar-refractivity contribution in [3.8, 4) is 0 Å². The van der Waals surface area contributed by atoms with Crippen molar-refractivity contribution in [2.75, 3.05) is 11.4 Å². The van der Waals surface area contributed by atoms with Crippen molar-refractivity contribution in [2.45, 2.75) is 45.1 Å². The number of para-hydroxylation sites is 1. The molecule has 2 amide bonds. The largest absolute Gasteiger partial charge is 0.308 e. The molecule has 1 saturated heterocycles. The highest BCUT2D eigenvalue weighted by Crippen LogP contribution is 2.45. The fraction of sp³-hybridized carbons (Fsp3) is 0.421. The maximum atomic E-state index is 13.1. The van der Waals surface area contributed by atoms with Crippen LogP contribution in [0, 0.1) is 0 Å². The summed E-state index contributed by atoms with van der Waals surface area (Å²) in [7, 11) is 0. The van der Waals surface area contributed by atoms with Gasteiger partial charge in [0.05, 0.1) is 16.2 Å². The van der Waals surface area contributed by atoms with Crippen molar-refractivity contribution in [3.05, 3.63) is 34.7 Å². The first kappa shape index (κ1) is 16.8. The number of thiocarbonyl (C=S) groups is 1. The summed E-state index contributed by atoms with van der Waals surface area (Å²) >= 11 is 6.81. The summed E-state index contributed by atoms with van der Waals surface area (Å²) in [6.45, 7) is 2.53. The van der Waals surface area contributed by atoms with Crippen molar-refractivity contribution < 1.29 is 9.59 Å². The zero-order valence-corrected chi connectivity index (χ0v) is 15.8. The molecule has 0 radical (unpaired) electrons. The number of rotatable bonds is 2. The first-order chi connectivity index (χ1) is 12.1. The van der Waals surface area contributed by atoms with Gasteiger partial charge in [0.2, 0.25) is 0 Å². The van der Waals surface area contributed by atoms with Crippen molar-refractivity contribution >= 4 is 51.4 Å². The van der Waals surface area contributed by atoms with E-state index in [4.69, 9.17) is 12.2 Å². The minimum atomic E-state index is -0.0900. The Morgan fingerprint density at radius 2 is 1.84 bits per heavy atom. The summed E-state index contributed by atoms with van der Waals surface area (Å²) < 4.78 is 0.597. The molecule has 0 unspecified atom stereocenters. The van der Waals surface area contributed by atoms with Gasteiger partial charge in [-0.3, -0.25) is 14.5 Å². The van der Waals surface area contributed by atoms with Gasteiger partial charge >= 0.3 is 0 Å². The van der Waals surface area contributed by atoms with E-state index < -0.39 is 0 Å². The second-order valence-corrected chi connectivity index (χ2v) is 8.25. The first-order valence-electron chi connectivity index (χ1n) is 8.84. The molecule has 1 saturated carbocycles. The fourth-order valence-corrected chi connectivity index (χ4v) is 5.47. The van der Waals surface area contributed by atoms with Gasteiger partial charge in [0.25, 0.3) is 11.8 Å². The summed E-state index contributed by atoms with van der Waals surface area (Å²) in [5, 5.41) is 0. The van der Waals surface area contributed by atoms with Crippen LogP contribution in [-0.2, 0) is 9.59 Å². The van der Waals surface area contributed by atoms with E-state index in [1.165, 1.54) is 18.2 Å². The molecule has 4 rings (SSSR count). The van der Waals surface area contributed by atoms with E-state index >= 15 is 0 Å². The highest BCUT2D eigenvalue weighted by molar-refractivity contribution is 8.26. The number of nitrogens with zero attached hydrogens (tertiary/aromatic N) is 2. The van der Waals surface area contributed by atoms with Crippen LogP contribution in [0.1, 0.15) is 44.6 Å². The summed E-state index contributed by atoms with van der Waals surface area (Å²) in [5.74, 6) is -0.175. The Balaban J connectivity index is 1.77. The van der Waals surface area contributed by atoms with Crippen LogP contribution in [0.25, 0.3) is 5.57 Å². The lowest BCUT2D eigenvalue weighted by Gasteiger charge is -2.29. The average molecular weight is 373 g/mol. The van der Waals surface area contributed by atoms with Gasteiger partial charge in [-0.1, -0.05) is 61.4 Å². The van der Waals surface area contributed by atoms with Crippen LogP contribution in [0.15, 0.2) is 29.2 Å². The lowest BCUT2D eigenvalue weighted by atomic mass is 9.94. The van der Waals surface area contributed by atoms with Gasteiger partial charge < -0.3 is 4.90 Å². The Morgan fingerprint density at radius 3 is 2.56 bits per heavy atom. The second kappa shape index (κ2) is 6.57. The zero-order valence-electron chi connectivity index (χ0n) is 14.2. The van der Waals surface area contributed by atoms with E-state index in [9.17, 15) is 9.59 Å². The van der Waals surface area contributed by atoms with Gasteiger partial charge in [-0.05, 0) is 25.8 Å². The molecule has 4 nitrogen and oxygen atoms in total. The van der Waals surface area contributed by atoms with E-state index in [2.05, 4.69) is 0 Å². The molecule has 0 bridgehead atoms. The molecule has 1 aromatic carbocycles. The number of carbonyl (C=O) groups is 2. The molecule has 0 aromatic heterocycles. The predicted octanol–water partition coefficient (Wildman–Crippen LogP) is 3.96. The van der Waals surface area contributed by atoms with Crippen molar-refractivity contribution in [1.29, 1.82) is 0 Å². The summed E-state index contributed by atoms with van der Waals surface area (Å²) in [6, 6.07) is 7.88. The molecule has 130 valence electrons. The number of fused-ring (bicyclic) bond motifs is 1. The number of carbonyl (C=O) groups excluding carboxylic acids is 2. The Labute approximate surface area is 157 Å². The molecule has 2 aliphatic heterocycles. The number of likely N-dealkylation sites (N-methyl/N-ethyl adjacent to an activating group) is 1. The van der Waals surface area contributed by atoms with Crippen LogP contribution in [0.5, 0.6) is 0 Å². The molecule has 0 atom stereocenters. The minimum absolute atomic E-state index is 0.0852. The van der Waals surface area contributed by atoms with E-state index in [0.717, 1.165) is 36.9 Å². The second-order valence-electron chi connectivity index (χ2n) is 6.61. The minimum Gasteiger partial charge on any atom is -0.308 e. The number of benzene rings is 1. The van der Waals surface area contributed by atoms with E-state index in [0.29, 0.717) is 21.3 Å². The molecule has 0 N–H and O–H groups in total. The third kappa shape index (κ3) is 2.62. The van der Waals surface area contributed by atoms with Crippen molar-refractivity contribution in [1.82, 2.24) is 4.90 Å². The molecule has 3 aliphatic rings. The molecule has 2 heterocycles. The average Bonchev–Trinajstić information content (AvgIpc) is 3.07. The van der Waals surface area contributed by atoms with Gasteiger partial charge in [-0.15, -0.1) is 0 Å². The van der Waals surface area contributed by atoms with Crippen molar-refractivity contribution in [2.24, 2.45) is 0 Å². The predicted molar refractivity (Wildman–Crippen MR) is 105 cm³/mol. The fourth-order valence-electron chi connectivity index (χ4n) is 4.00. The number of hydrogen-bond acceptors (Lipinski definition) is 4. The quantitative estimate of drug-likeness (QED) is 0.582. The maximum absolute atomic E-state index is 13.1. The van der Waals surface area contributed by atoms with Crippen LogP contribution < -0.4 is 4.90 Å². The van der Waals surface area contributed by atoms with Crippen LogP contribution in [0.3, 0.4) is 0 Å². The molecule has 2 fully saturated rings. The zero-order chi connectivity index (χ0) is 17.6. The summed E-state index contributed by atoms with van der Waals surface area (Å²) in [4.78, 5) is 30.1.